The normalized spacial score (nSPS) is 14.4. The number of benzene rings is 1. The van der Waals surface area contributed by atoms with Gasteiger partial charge in [0.15, 0.2) is 0 Å². The van der Waals surface area contributed by atoms with Gasteiger partial charge in [0.05, 0.1) is 6.61 Å². The predicted octanol–water partition coefficient (Wildman–Crippen LogP) is 3.70. The molecule has 1 fully saturated rings. The van der Waals surface area contributed by atoms with Crippen LogP contribution >= 0.6 is 11.6 Å². The molecule has 0 atom stereocenters. The first-order chi connectivity index (χ1) is 10.2. The molecule has 1 saturated carbocycles. The van der Waals surface area contributed by atoms with Gasteiger partial charge in [-0.15, -0.1) is 0 Å². The fraction of sp³-hybridized carbons (Fsp3) is 0.647. The zero-order valence-corrected chi connectivity index (χ0v) is 14.0. The summed E-state index contributed by atoms with van der Waals surface area (Å²) >= 11 is 6.37. The highest BCUT2D eigenvalue weighted by atomic mass is 35.5. The van der Waals surface area contributed by atoms with Crippen molar-refractivity contribution in [2.24, 2.45) is 5.92 Å². The molecule has 0 saturated heterocycles. The molecule has 0 bridgehead atoms. The van der Waals surface area contributed by atoms with E-state index >= 15 is 0 Å². The van der Waals surface area contributed by atoms with Gasteiger partial charge in [-0.05, 0) is 49.4 Å². The molecule has 118 valence electrons. The summed E-state index contributed by atoms with van der Waals surface area (Å²) in [6.07, 6.45) is 3.83. The Hall–Kier alpha value is -0.770. The number of hydrogen-bond donors (Lipinski definition) is 1. The Bertz CT molecular complexity index is 435. The molecule has 3 nitrogen and oxygen atoms in total. The van der Waals surface area contributed by atoms with Crippen molar-refractivity contribution in [1.82, 2.24) is 5.32 Å². The summed E-state index contributed by atoms with van der Waals surface area (Å²) in [7, 11) is 2.08. The van der Waals surface area contributed by atoms with Crippen LogP contribution in [0.25, 0.3) is 0 Å². The molecule has 1 N–H and O–H groups in total. The second-order valence-electron chi connectivity index (χ2n) is 5.89. The first-order valence-electron chi connectivity index (χ1n) is 7.98. The molecular formula is C17H27ClN2O. The van der Waals surface area contributed by atoms with E-state index in [0.717, 1.165) is 61.5 Å². The Morgan fingerprint density at radius 1 is 1.38 bits per heavy atom. The van der Waals surface area contributed by atoms with Crippen LogP contribution in [-0.2, 0) is 11.3 Å². The average molecular weight is 311 g/mol. The lowest BCUT2D eigenvalue weighted by Gasteiger charge is -2.20. The van der Waals surface area contributed by atoms with E-state index in [0.29, 0.717) is 0 Å². The van der Waals surface area contributed by atoms with Gasteiger partial charge < -0.3 is 15.0 Å². The third-order valence-corrected chi connectivity index (χ3v) is 4.19. The van der Waals surface area contributed by atoms with E-state index in [-0.39, 0.29) is 0 Å². The topological polar surface area (TPSA) is 24.5 Å². The highest BCUT2D eigenvalue weighted by Crippen LogP contribution is 2.28. The fourth-order valence-corrected chi connectivity index (χ4v) is 2.42. The Balaban J connectivity index is 1.76. The molecule has 0 radical (unpaired) electrons. The summed E-state index contributed by atoms with van der Waals surface area (Å²) in [4.78, 5) is 2.20. The predicted molar refractivity (Wildman–Crippen MR) is 90.3 cm³/mol. The number of nitrogens with zero attached hydrogens (tertiary/aromatic N) is 1. The molecule has 1 aliphatic carbocycles. The molecule has 1 aromatic rings. The van der Waals surface area contributed by atoms with Crippen molar-refractivity contribution in [3.8, 4) is 0 Å². The fourth-order valence-electron chi connectivity index (χ4n) is 2.18. The van der Waals surface area contributed by atoms with Gasteiger partial charge in [-0.2, -0.15) is 0 Å². The second kappa shape index (κ2) is 8.62. The quantitative estimate of drug-likeness (QED) is 0.667. The van der Waals surface area contributed by atoms with Crippen LogP contribution in [0.15, 0.2) is 18.2 Å². The largest absolute Gasteiger partial charge is 0.379 e. The zero-order valence-electron chi connectivity index (χ0n) is 13.2. The van der Waals surface area contributed by atoms with E-state index < -0.39 is 0 Å². The minimum Gasteiger partial charge on any atom is -0.379 e. The van der Waals surface area contributed by atoms with Crippen LogP contribution in [0.3, 0.4) is 0 Å². The highest BCUT2D eigenvalue weighted by molar-refractivity contribution is 6.31. The molecule has 0 unspecified atom stereocenters. The summed E-state index contributed by atoms with van der Waals surface area (Å²) < 4.78 is 5.68. The van der Waals surface area contributed by atoms with Gasteiger partial charge in [0.25, 0.3) is 0 Å². The SMILES string of the molecule is CCCNCc1ccc(N(C)CCOCC2CC2)cc1Cl. The maximum atomic E-state index is 6.37. The number of nitrogens with one attached hydrogen (secondary N) is 1. The number of rotatable bonds is 10. The summed E-state index contributed by atoms with van der Waals surface area (Å²) in [5, 5.41) is 4.22. The van der Waals surface area contributed by atoms with Gasteiger partial charge in [-0.25, -0.2) is 0 Å². The van der Waals surface area contributed by atoms with Crippen LogP contribution in [0.2, 0.25) is 5.02 Å². The lowest BCUT2D eigenvalue weighted by molar-refractivity contribution is 0.131. The van der Waals surface area contributed by atoms with Crippen molar-refractivity contribution in [1.29, 1.82) is 0 Å². The Kier molecular flexibility index (Phi) is 6.81. The highest BCUT2D eigenvalue weighted by Gasteiger charge is 2.20. The zero-order chi connectivity index (χ0) is 15.1. The molecule has 0 spiro atoms. The maximum Gasteiger partial charge on any atom is 0.0641 e. The monoisotopic (exact) mass is 310 g/mol. The van der Waals surface area contributed by atoms with Crippen molar-refractivity contribution in [2.45, 2.75) is 32.7 Å². The average Bonchev–Trinajstić information content (AvgIpc) is 3.29. The second-order valence-corrected chi connectivity index (χ2v) is 6.30. The van der Waals surface area contributed by atoms with E-state index in [9.17, 15) is 0 Å². The minimum atomic E-state index is 0.782. The summed E-state index contributed by atoms with van der Waals surface area (Å²) in [6.45, 7) is 6.63. The lowest BCUT2D eigenvalue weighted by atomic mass is 10.2. The van der Waals surface area contributed by atoms with Crippen molar-refractivity contribution < 1.29 is 4.74 Å². The van der Waals surface area contributed by atoms with Crippen LogP contribution in [-0.4, -0.2) is 33.4 Å². The van der Waals surface area contributed by atoms with E-state index in [1.165, 1.54) is 12.8 Å². The van der Waals surface area contributed by atoms with E-state index in [1.54, 1.807) is 0 Å². The van der Waals surface area contributed by atoms with E-state index in [2.05, 4.69) is 36.3 Å². The molecule has 1 aliphatic rings. The van der Waals surface area contributed by atoms with Crippen molar-refractivity contribution >= 4 is 17.3 Å². The van der Waals surface area contributed by atoms with Gasteiger partial charge in [0, 0.05) is 37.5 Å². The Morgan fingerprint density at radius 3 is 2.86 bits per heavy atom. The van der Waals surface area contributed by atoms with Gasteiger partial charge in [-0.3, -0.25) is 0 Å². The molecule has 0 heterocycles. The van der Waals surface area contributed by atoms with Crippen LogP contribution < -0.4 is 10.2 Å². The van der Waals surface area contributed by atoms with Crippen molar-refractivity contribution in [3.05, 3.63) is 28.8 Å². The number of ether oxygens (including phenoxy) is 1. The molecule has 0 aromatic heterocycles. The summed E-state index contributed by atoms with van der Waals surface area (Å²) in [5.74, 6) is 0.833. The van der Waals surface area contributed by atoms with Gasteiger partial charge in [0.1, 0.15) is 0 Å². The summed E-state index contributed by atoms with van der Waals surface area (Å²) in [5.41, 5.74) is 2.31. The number of anilines is 1. The van der Waals surface area contributed by atoms with Crippen LogP contribution in [0.4, 0.5) is 5.69 Å². The van der Waals surface area contributed by atoms with Gasteiger partial charge in [-0.1, -0.05) is 24.6 Å². The number of halogens is 1. The maximum absolute atomic E-state index is 6.37. The van der Waals surface area contributed by atoms with E-state index in [1.807, 2.05) is 6.07 Å². The van der Waals surface area contributed by atoms with E-state index in [4.69, 9.17) is 16.3 Å². The van der Waals surface area contributed by atoms with Gasteiger partial charge >= 0.3 is 0 Å². The standard InChI is InChI=1S/C17H27ClN2O/c1-3-8-19-12-15-6-7-16(11-17(15)18)20(2)9-10-21-13-14-4-5-14/h6-7,11,14,19H,3-5,8-10,12-13H2,1-2H3. The third kappa shape index (κ3) is 5.85. The van der Waals surface area contributed by atoms with Gasteiger partial charge in [0.2, 0.25) is 0 Å². The number of hydrogen-bond acceptors (Lipinski definition) is 3. The minimum absolute atomic E-state index is 0.782. The smallest absolute Gasteiger partial charge is 0.0641 e. The van der Waals surface area contributed by atoms with Crippen LogP contribution in [0, 0.1) is 5.92 Å². The van der Waals surface area contributed by atoms with Crippen molar-refractivity contribution in [2.75, 3.05) is 38.3 Å². The molecular weight excluding hydrogens is 284 g/mol. The first-order valence-corrected chi connectivity index (χ1v) is 8.36. The first kappa shape index (κ1) is 16.6. The van der Waals surface area contributed by atoms with Crippen LogP contribution in [0.1, 0.15) is 31.7 Å². The molecule has 0 amide bonds. The molecule has 4 heteroatoms. The Morgan fingerprint density at radius 2 is 2.19 bits per heavy atom. The summed E-state index contributed by atoms with van der Waals surface area (Å²) in [6, 6.07) is 6.29. The number of likely N-dealkylation sites (N-methyl/N-ethyl adjacent to an activating group) is 1. The molecule has 2 rings (SSSR count). The lowest BCUT2D eigenvalue weighted by Crippen LogP contribution is -2.23. The Labute approximate surface area is 133 Å². The third-order valence-electron chi connectivity index (χ3n) is 3.84. The molecule has 0 aliphatic heterocycles. The molecule has 21 heavy (non-hydrogen) atoms. The van der Waals surface area contributed by atoms with Crippen LogP contribution in [0.5, 0.6) is 0 Å². The molecule has 1 aromatic carbocycles. The van der Waals surface area contributed by atoms with Crippen molar-refractivity contribution in [3.63, 3.8) is 0 Å².